The van der Waals surface area contributed by atoms with Crippen molar-refractivity contribution in [1.29, 1.82) is 0 Å². The zero-order valence-electron chi connectivity index (χ0n) is 21.8. The van der Waals surface area contributed by atoms with Crippen molar-refractivity contribution < 1.29 is 4.79 Å². The molecule has 41 heavy (non-hydrogen) atoms. The van der Waals surface area contributed by atoms with Gasteiger partial charge in [0.25, 0.3) is 0 Å². The van der Waals surface area contributed by atoms with Crippen molar-refractivity contribution in [2.45, 2.75) is 12.5 Å². The summed E-state index contributed by atoms with van der Waals surface area (Å²) < 4.78 is 2.55. The topological polar surface area (TPSA) is 71.3 Å². The number of aromatic nitrogens is 3. The first kappa shape index (κ1) is 26.7. The van der Waals surface area contributed by atoms with Gasteiger partial charge in [-0.05, 0) is 50.8 Å². The fourth-order valence-electron chi connectivity index (χ4n) is 4.77. The molecule has 1 amide bonds. The quantitative estimate of drug-likeness (QED) is 0.180. The van der Waals surface area contributed by atoms with E-state index < -0.39 is 5.92 Å². The second-order valence-corrected chi connectivity index (χ2v) is 10.8. The molecule has 0 atom stereocenters. The molecule has 0 saturated carbocycles. The van der Waals surface area contributed by atoms with Gasteiger partial charge in [0.2, 0.25) is 5.91 Å². The summed E-state index contributed by atoms with van der Waals surface area (Å²) in [6.45, 7) is 0.545. The van der Waals surface area contributed by atoms with Crippen LogP contribution in [0.1, 0.15) is 22.6 Å². The zero-order valence-corrected chi connectivity index (χ0v) is 24.2. The third-order valence-electron chi connectivity index (χ3n) is 6.80. The summed E-state index contributed by atoms with van der Waals surface area (Å²) in [7, 11) is 0. The fraction of sp³-hybridized carbons (Fsp3) is 0.0606. The summed E-state index contributed by atoms with van der Waals surface area (Å²) in [6.07, 6.45) is 1.72. The molecule has 6 rings (SSSR count). The van der Waals surface area contributed by atoms with Gasteiger partial charge in [-0.25, -0.2) is 4.98 Å². The van der Waals surface area contributed by atoms with Crippen molar-refractivity contribution in [1.82, 2.24) is 14.6 Å². The Kier molecular flexibility index (Phi) is 7.80. The molecule has 202 valence electrons. The highest BCUT2D eigenvalue weighted by atomic mass is 79.9. The van der Waals surface area contributed by atoms with Crippen LogP contribution in [0.2, 0.25) is 5.02 Å². The number of fused-ring (bicyclic) bond motifs is 1. The number of benzene rings is 4. The summed E-state index contributed by atoms with van der Waals surface area (Å²) in [5, 5.41) is 11.7. The van der Waals surface area contributed by atoms with Gasteiger partial charge in [0.1, 0.15) is 5.82 Å². The lowest BCUT2D eigenvalue weighted by Crippen LogP contribution is -2.22. The Hall–Kier alpha value is -4.46. The number of nitrogens with zero attached hydrogens (tertiary/aromatic N) is 3. The molecular weight excluding hydrogens is 598 g/mol. The van der Waals surface area contributed by atoms with E-state index in [1.54, 1.807) is 10.7 Å². The molecule has 0 radical (unpaired) electrons. The monoisotopic (exact) mass is 621 g/mol. The van der Waals surface area contributed by atoms with Gasteiger partial charge in [0.15, 0.2) is 5.65 Å². The Morgan fingerprint density at radius 3 is 2.15 bits per heavy atom. The van der Waals surface area contributed by atoms with Crippen LogP contribution < -0.4 is 10.6 Å². The second kappa shape index (κ2) is 12.0. The van der Waals surface area contributed by atoms with E-state index in [0.717, 1.165) is 43.9 Å². The highest BCUT2D eigenvalue weighted by molar-refractivity contribution is 9.10. The second-order valence-electron chi connectivity index (χ2n) is 9.53. The largest absolute Gasteiger partial charge is 0.366 e. The summed E-state index contributed by atoms with van der Waals surface area (Å²) in [5.41, 5.74) is 5.95. The number of carbonyl (C=O) groups excluding carboxylic acids is 1. The van der Waals surface area contributed by atoms with Crippen LogP contribution in [0.15, 0.2) is 126 Å². The number of amides is 1. The van der Waals surface area contributed by atoms with Crippen LogP contribution in [-0.2, 0) is 11.3 Å². The molecule has 0 fully saturated rings. The van der Waals surface area contributed by atoms with Crippen LogP contribution in [0.3, 0.4) is 0 Å². The van der Waals surface area contributed by atoms with E-state index in [-0.39, 0.29) is 5.91 Å². The molecule has 2 N–H and O–H groups in total. The van der Waals surface area contributed by atoms with Crippen molar-refractivity contribution >= 4 is 50.6 Å². The van der Waals surface area contributed by atoms with Crippen LogP contribution >= 0.6 is 27.5 Å². The van der Waals surface area contributed by atoms with E-state index in [0.29, 0.717) is 17.2 Å². The Bertz CT molecular complexity index is 1770. The number of rotatable bonds is 8. The van der Waals surface area contributed by atoms with Gasteiger partial charge in [-0.3, -0.25) is 4.79 Å². The number of halogens is 2. The average Bonchev–Trinajstić information content (AvgIpc) is 3.38. The van der Waals surface area contributed by atoms with E-state index in [1.165, 1.54) is 0 Å². The van der Waals surface area contributed by atoms with Crippen LogP contribution in [-0.4, -0.2) is 20.5 Å². The minimum atomic E-state index is -0.409. The Labute approximate surface area is 251 Å². The molecule has 6 aromatic rings. The van der Waals surface area contributed by atoms with Crippen LogP contribution in [0.4, 0.5) is 11.5 Å². The summed E-state index contributed by atoms with van der Waals surface area (Å²) in [4.78, 5) is 18.2. The molecule has 0 aliphatic rings. The van der Waals surface area contributed by atoms with Crippen molar-refractivity contribution in [3.63, 3.8) is 0 Å². The first-order chi connectivity index (χ1) is 20.1. The minimum Gasteiger partial charge on any atom is -0.366 e. The van der Waals surface area contributed by atoms with Gasteiger partial charge < -0.3 is 10.6 Å². The van der Waals surface area contributed by atoms with Gasteiger partial charge in [0.05, 0.1) is 22.3 Å². The van der Waals surface area contributed by atoms with Gasteiger partial charge in [0, 0.05) is 28.9 Å². The SMILES string of the molecule is O=C(Nc1ccc(CNc2cc(-c3ccccc3Cl)nc3c(Br)cnn23)cc1)C(c1ccccc1)c1ccccc1. The predicted molar refractivity (Wildman–Crippen MR) is 168 cm³/mol. The van der Waals surface area contributed by atoms with Crippen molar-refractivity contribution in [2.24, 2.45) is 0 Å². The summed E-state index contributed by atoms with van der Waals surface area (Å²) in [6, 6.07) is 37.1. The maximum atomic E-state index is 13.5. The first-order valence-electron chi connectivity index (χ1n) is 13.1. The highest BCUT2D eigenvalue weighted by Crippen LogP contribution is 2.31. The number of nitrogens with one attached hydrogen (secondary N) is 2. The van der Waals surface area contributed by atoms with E-state index in [2.05, 4.69) is 31.7 Å². The molecule has 6 nitrogen and oxygen atoms in total. The van der Waals surface area contributed by atoms with Gasteiger partial charge in [-0.15, -0.1) is 0 Å². The van der Waals surface area contributed by atoms with E-state index in [1.807, 2.05) is 115 Å². The molecular formula is C33H25BrClN5O. The van der Waals surface area contributed by atoms with Crippen molar-refractivity contribution in [3.05, 3.63) is 148 Å². The van der Waals surface area contributed by atoms with Crippen LogP contribution in [0.25, 0.3) is 16.9 Å². The Balaban J connectivity index is 1.20. The molecule has 2 heterocycles. The molecule has 0 aliphatic heterocycles. The van der Waals surface area contributed by atoms with E-state index >= 15 is 0 Å². The first-order valence-corrected chi connectivity index (χ1v) is 14.3. The number of carbonyl (C=O) groups is 1. The fourth-order valence-corrected chi connectivity index (χ4v) is 5.35. The standard InChI is InChI=1S/C33H25BrClN5O/c34-27-21-37-40-30(19-29(39-32(27)40)26-13-7-8-14-28(26)35)36-20-22-15-17-25(18-16-22)38-33(41)31(23-9-3-1-4-10-23)24-11-5-2-6-12-24/h1-19,21,31,36H,20H2,(H,38,41). The molecule has 0 aliphatic carbocycles. The lowest BCUT2D eigenvalue weighted by atomic mass is 9.90. The maximum absolute atomic E-state index is 13.5. The Morgan fingerprint density at radius 2 is 1.49 bits per heavy atom. The molecule has 0 saturated heterocycles. The summed E-state index contributed by atoms with van der Waals surface area (Å²) in [5.74, 6) is 0.291. The maximum Gasteiger partial charge on any atom is 0.236 e. The molecule has 8 heteroatoms. The predicted octanol–water partition coefficient (Wildman–Crippen LogP) is 8.19. The zero-order chi connectivity index (χ0) is 28.2. The molecule has 0 bridgehead atoms. The van der Waals surface area contributed by atoms with E-state index in [4.69, 9.17) is 16.6 Å². The summed E-state index contributed by atoms with van der Waals surface area (Å²) >= 11 is 10.0. The smallest absolute Gasteiger partial charge is 0.236 e. The lowest BCUT2D eigenvalue weighted by molar-refractivity contribution is -0.116. The molecule has 2 aromatic heterocycles. The lowest BCUT2D eigenvalue weighted by Gasteiger charge is -2.18. The van der Waals surface area contributed by atoms with Gasteiger partial charge in [-0.2, -0.15) is 9.61 Å². The van der Waals surface area contributed by atoms with Crippen molar-refractivity contribution in [2.75, 3.05) is 10.6 Å². The van der Waals surface area contributed by atoms with Gasteiger partial charge in [-0.1, -0.05) is 103 Å². The number of anilines is 2. The van der Waals surface area contributed by atoms with E-state index in [9.17, 15) is 4.79 Å². The highest BCUT2D eigenvalue weighted by Gasteiger charge is 2.22. The number of hydrogen-bond donors (Lipinski definition) is 2. The minimum absolute atomic E-state index is 0.0798. The van der Waals surface area contributed by atoms with Crippen LogP contribution in [0.5, 0.6) is 0 Å². The Morgan fingerprint density at radius 1 is 0.854 bits per heavy atom. The van der Waals surface area contributed by atoms with Crippen LogP contribution in [0, 0.1) is 0 Å². The molecule has 0 spiro atoms. The van der Waals surface area contributed by atoms with Gasteiger partial charge >= 0.3 is 0 Å². The number of hydrogen-bond acceptors (Lipinski definition) is 4. The third kappa shape index (κ3) is 5.87. The molecule has 0 unspecified atom stereocenters. The van der Waals surface area contributed by atoms with Crippen molar-refractivity contribution in [3.8, 4) is 11.3 Å². The molecule has 4 aromatic carbocycles. The normalized spacial score (nSPS) is 11.1. The average molecular weight is 623 g/mol. The third-order valence-corrected chi connectivity index (χ3v) is 7.69.